The van der Waals surface area contributed by atoms with Crippen LogP contribution >= 0.6 is 12.4 Å². The molecule has 1 rings (SSSR count). The number of ether oxygens (including phenoxy) is 1. The lowest BCUT2D eigenvalue weighted by atomic mass is 10.2. The molecule has 0 heterocycles. The van der Waals surface area contributed by atoms with E-state index in [0.717, 1.165) is 0 Å². The largest absolute Gasteiger partial charge is 0.494 e. The summed E-state index contributed by atoms with van der Waals surface area (Å²) < 4.78 is 17.9. The molecule has 0 radical (unpaired) electrons. The van der Waals surface area contributed by atoms with Crippen molar-refractivity contribution in [3.05, 3.63) is 24.0 Å². The van der Waals surface area contributed by atoms with E-state index in [2.05, 4.69) is 5.32 Å². The van der Waals surface area contributed by atoms with Gasteiger partial charge in [-0.05, 0) is 19.1 Å². The highest BCUT2D eigenvalue weighted by molar-refractivity contribution is 5.94. The minimum atomic E-state index is -0.629. The van der Waals surface area contributed by atoms with Crippen LogP contribution in [0.3, 0.4) is 0 Å². The maximum Gasteiger partial charge on any atom is 0.241 e. The normalized spacial score (nSPS) is 11.2. The second kappa shape index (κ2) is 6.30. The highest BCUT2D eigenvalue weighted by atomic mass is 35.5. The number of anilines is 1. The topological polar surface area (TPSA) is 64.3 Å². The summed E-state index contributed by atoms with van der Waals surface area (Å²) in [5, 5.41) is 2.47. The maximum atomic E-state index is 13.2. The van der Waals surface area contributed by atoms with Crippen molar-refractivity contribution in [3.8, 4) is 5.75 Å². The third-order valence-electron chi connectivity index (χ3n) is 1.83. The second-order valence-corrected chi connectivity index (χ2v) is 3.13. The molecule has 0 saturated heterocycles. The van der Waals surface area contributed by atoms with Crippen LogP contribution in [-0.4, -0.2) is 19.1 Å². The Morgan fingerprint density at radius 1 is 1.56 bits per heavy atom. The van der Waals surface area contributed by atoms with Gasteiger partial charge in [-0.3, -0.25) is 4.79 Å². The Balaban J connectivity index is 0.00000225. The molecule has 16 heavy (non-hydrogen) atoms. The summed E-state index contributed by atoms with van der Waals surface area (Å²) in [5.74, 6) is -0.756. The van der Waals surface area contributed by atoms with E-state index in [0.29, 0.717) is 5.69 Å². The van der Waals surface area contributed by atoms with Gasteiger partial charge in [-0.15, -0.1) is 12.4 Å². The quantitative estimate of drug-likeness (QED) is 0.853. The molecule has 0 aromatic heterocycles. The van der Waals surface area contributed by atoms with Crippen molar-refractivity contribution in [1.82, 2.24) is 0 Å². The summed E-state index contributed by atoms with van der Waals surface area (Å²) in [4.78, 5) is 11.2. The van der Waals surface area contributed by atoms with Gasteiger partial charge in [-0.2, -0.15) is 0 Å². The van der Waals surface area contributed by atoms with E-state index >= 15 is 0 Å². The number of carbonyl (C=O) groups excluding carboxylic acids is 1. The number of methoxy groups -OCH3 is 1. The molecule has 0 fully saturated rings. The third kappa shape index (κ3) is 3.67. The molecule has 0 unspecified atom stereocenters. The number of hydrogen-bond donors (Lipinski definition) is 2. The molecular formula is C10H14ClFN2O2. The van der Waals surface area contributed by atoms with Crippen molar-refractivity contribution in [2.24, 2.45) is 5.73 Å². The van der Waals surface area contributed by atoms with Crippen LogP contribution in [0.1, 0.15) is 6.92 Å². The van der Waals surface area contributed by atoms with Crippen LogP contribution in [0.25, 0.3) is 0 Å². The van der Waals surface area contributed by atoms with Crippen LogP contribution in [0.15, 0.2) is 18.2 Å². The number of carbonyl (C=O) groups is 1. The highest BCUT2D eigenvalue weighted by Crippen LogP contribution is 2.20. The van der Waals surface area contributed by atoms with E-state index < -0.39 is 11.9 Å². The number of hydrogen-bond acceptors (Lipinski definition) is 3. The molecule has 0 aliphatic rings. The Bertz CT molecular complexity index is 372. The SMILES string of the molecule is COc1ccc(NC(=O)[C@H](C)N)cc1F.Cl. The number of benzene rings is 1. The van der Waals surface area contributed by atoms with Gasteiger partial charge in [0.15, 0.2) is 11.6 Å². The fraction of sp³-hybridized carbons (Fsp3) is 0.300. The fourth-order valence-corrected chi connectivity index (χ4v) is 1.00. The van der Waals surface area contributed by atoms with Crippen LogP contribution in [0, 0.1) is 5.82 Å². The van der Waals surface area contributed by atoms with Crippen LogP contribution < -0.4 is 15.8 Å². The summed E-state index contributed by atoms with van der Waals surface area (Å²) in [5.41, 5.74) is 5.70. The molecular weight excluding hydrogens is 235 g/mol. The molecule has 1 aromatic carbocycles. The zero-order valence-electron chi connectivity index (χ0n) is 8.99. The van der Waals surface area contributed by atoms with Crippen molar-refractivity contribution in [2.75, 3.05) is 12.4 Å². The van der Waals surface area contributed by atoms with Gasteiger partial charge in [0.2, 0.25) is 5.91 Å². The van der Waals surface area contributed by atoms with Gasteiger partial charge in [0, 0.05) is 11.8 Å². The Morgan fingerprint density at radius 2 is 2.19 bits per heavy atom. The van der Waals surface area contributed by atoms with Gasteiger partial charge in [-0.1, -0.05) is 0 Å². The molecule has 3 N–H and O–H groups in total. The van der Waals surface area contributed by atoms with E-state index in [1.165, 1.54) is 19.2 Å². The highest BCUT2D eigenvalue weighted by Gasteiger charge is 2.09. The first-order valence-corrected chi connectivity index (χ1v) is 4.44. The van der Waals surface area contributed by atoms with Gasteiger partial charge in [0.05, 0.1) is 13.2 Å². The average Bonchev–Trinajstić information content (AvgIpc) is 2.18. The standard InChI is InChI=1S/C10H13FN2O2.ClH/c1-6(12)10(14)13-7-3-4-9(15-2)8(11)5-7;/h3-6H,12H2,1-2H3,(H,13,14);1H/t6-;/m0./s1. The van der Waals surface area contributed by atoms with Gasteiger partial charge < -0.3 is 15.8 Å². The number of rotatable bonds is 3. The maximum absolute atomic E-state index is 13.2. The van der Waals surface area contributed by atoms with Crippen LogP contribution in [0.5, 0.6) is 5.75 Å². The lowest BCUT2D eigenvalue weighted by Crippen LogP contribution is -2.32. The van der Waals surface area contributed by atoms with Crippen molar-refractivity contribution in [3.63, 3.8) is 0 Å². The second-order valence-electron chi connectivity index (χ2n) is 3.13. The Morgan fingerprint density at radius 3 is 2.62 bits per heavy atom. The van der Waals surface area contributed by atoms with E-state index in [-0.39, 0.29) is 24.1 Å². The Kier molecular flexibility index (Phi) is 5.77. The number of nitrogens with one attached hydrogen (secondary N) is 1. The third-order valence-corrected chi connectivity index (χ3v) is 1.83. The summed E-state index contributed by atoms with van der Waals surface area (Å²) in [7, 11) is 1.37. The molecule has 0 spiro atoms. The molecule has 0 saturated carbocycles. The number of nitrogens with two attached hydrogens (primary N) is 1. The van der Waals surface area contributed by atoms with E-state index in [1.54, 1.807) is 13.0 Å². The lowest BCUT2D eigenvalue weighted by Gasteiger charge is -2.08. The van der Waals surface area contributed by atoms with Gasteiger partial charge in [0.1, 0.15) is 0 Å². The zero-order chi connectivity index (χ0) is 11.4. The Labute approximate surface area is 99.4 Å². The lowest BCUT2D eigenvalue weighted by molar-refractivity contribution is -0.117. The summed E-state index contributed by atoms with van der Waals surface area (Å²) in [6, 6.07) is 3.53. The average molecular weight is 249 g/mol. The first-order chi connectivity index (χ1) is 7.04. The minimum absolute atomic E-state index is 0. The summed E-state index contributed by atoms with van der Waals surface area (Å²) in [6.07, 6.45) is 0. The monoisotopic (exact) mass is 248 g/mol. The molecule has 1 aromatic rings. The number of amides is 1. The predicted octanol–water partition coefficient (Wildman–Crippen LogP) is 1.54. The first kappa shape index (κ1) is 14.7. The first-order valence-electron chi connectivity index (χ1n) is 4.44. The van der Waals surface area contributed by atoms with Crippen LogP contribution in [-0.2, 0) is 4.79 Å². The zero-order valence-corrected chi connectivity index (χ0v) is 9.81. The molecule has 0 aliphatic carbocycles. The smallest absolute Gasteiger partial charge is 0.241 e. The van der Waals surface area contributed by atoms with E-state index in [4.69, 9.17) is 10.5 Å². The van der Waals surface area contributed by atoms with Gasteiger partial charge in [0.25, 0.3) is 0 Å². The summed E-state index contributed by atoms with van der Waals surface area (Å²) in [6.45, 7) is 1.55. The van der Waals surface area contributed by atoms with Crippen molar-refractivity contribution >= 4 is 24.0 Å². The predicted molar refractivity (Wildman–Crippen MR) is 62.5 cm³/mol. The number of halogens is 2. The van der Waals surface area contributed by atoms with Gasteiger partial charge in [-0.25, -0.2) is 4.39 Å². The minimum Gasteiger partial charge on any atom is -0.494 e. The van der Waals surface area contributed by atoms with Crippen LogP contribution in [0.4, 0.5) is 10.1 Å². The fourth-order valence-electron chi connectivity index (χ4n) is 1.00. The molecule has 90 valence electrons. The van der Waals surface area contributed by atoms with Crippen LogP contribution in [0.2, 0.25) is 0 Å². The van der Waals surface area contributed by atoms with E-state index in [9.17, 15) is 9.18 Å². The molecule has 1 atom stereocenters. The van der Waals surface area contributed by atoms with Crippen molar-refractivity contribution < 1.29 is 13.9 Å². The Hall–Kier alpha value is -1.33. The molecule has 0 aliphatic heterocycles. The molecule has 6 heteroatoms. The van der Waals surface area contributed by atoms with E-state index in [1.807, 2.05) is 0 Å². The molecule has 4 nitrogen and oxygen atoms in total. The van der Waals surface area contributed by atoms with Gasteiger partial charge >= 0.3 is 0 Å². The van der Waals surface area contributed by atoms with Crippen molar-refractivity contribution in [2.45, 2.75) is 13.0 Å². The molecule has 1 amide bonds. The summed E-state index contributed by atoms with van der Waals surface area (Å²) >= 11 is 0. The van der Waals surface area contributed by atoms with Crippen molar-refractivity contribution in [1.29, 1.82) is 0 Å². The molecule has 0 bridgehead atoms.